The Hall–Kier alpha value is -0.120. The predicted molar refractivity (Wildman–Crippen MR) is 55.0 cm³/mol. The van der Waals surface area contributed by atoms with E-state index in [-0.39, 0.29) is 12.2 Å². The van der Waals surface area contributed by atoms with E-state index in [0.29, 0.717) is 5.92 Å². The van der Waals surface area contributed by atoms with Gasteiger partial charge in [-0.15, -0.1) is 0 Å². The highest BCUT2D eigenvalue weighted by Gasteiger charge is 2.37. The molecule has 2 N–H and O–H groups in total. The summed E-state index contributed by atoms with van der Waals surface area (Å²) in [7, 11) is 0. The maximum atomic E-state index is 9.56. The van der Waals surface area contributed by atoms with Gasteiger partial charge in [-0.1, -0.05) is 0 Å². The first-order chi connectivity index (χ1) is 6.65. The molecule has 3 heteroatoms. The minimum absolute atomic E-state index is 0.0669. The van der Waals surface area contributed by atoms with E-state index in [2.05, 4.69) is 4.90 Å². The predicted octanol–water partition coefficient (Wildman–Crippen LogP) is 0.460. The van der Waals surface area contributed by atoms with Gasteiger partial charge in [-0.3, -0.25) is 0 Å². The minimum Gasteiger partial charge on any atom is -0.393 e. The Morgan fingerprint density at radius 1 is 1.29 bits per heavy atom. The summed E-state index contributed by atoms with van der Waals surface area (Å²) in [6.45, 7) is 4.84. The zero-order chi connectivity index (χ0) is 10.1. The van der Waals surface area contributed by atoms with E-state index in [1.807, 2.05) is 6.92 Å². The highest BCUT2D eigenvalue weighted by molar-refractivity contribution is 4.89. The van der Waals surface area contributed by atoms with Gasteiger partial charge in [0, 0.05) is 19.6 Å². The summed E-state index contributed by atoms with van der Waals surface area (Å²) in [6.07, 6.45) is 2.83. The average Bonchev–Trinajstić information content (AvgIpc) is 2.44. The van der Waals surface area contributed by atoms with Crippen molar-refractivity contribution in [2.45, 2.75) is 38.4 Å². The lowest BCUT2D eigenvalue weighted by Crippen LogP contribution is -2.29. The third-order valence-corrected chi connectivity index (χ3v) is 3.62. The standard InChI is InChI=1S/C11H21NO2/c1-8(13)5-12-6-9-2-3-11(14)4-10(9)7-12/h8-11,13-14H,2-7H2,1H3/t8-,9?,10?,11?/m1/s1. The van der Waals surface area contributed by atoms with Crippen LogP contribution in [0.5, 0.6) is 0 Å². The number of nitrogens with zero attached hydrogens (tertiary/aromatic N) is 1. The lowest BCUT2D eigenvalue weighted by atomic mass is 9.80. The van der Waals surface area contributed by atoms with Crippen LogP contribution in [0.4, 0.5) is 0 Å². The van der Waals surface area contributed by atoms with Crippen LogP contribution >= 0.6 is 0 Å². The zero-order valence-corrected chi connectivity index (χ0v) is 8.89. The van der Waals surface area contributed by atoms with Crippen molar-refractivity contribution < 1.29 is 10.2 Å². The maximum absolute atomic E-state index is 9.56. The van der Waals surface area contributed by atoms with Gasteiger partial charge in [-0.05, 0) is 38.0 Å². The highest BCUT2D eigenvalue weighted by atomic mass is 16.3. The molecular weight excluding hydrogens is 178 g/mol. The lowest BCUT2D eigenvalue weighted by molar-refractivity contribution is 0.0864. The molecule has 0 radical (unpaired) electrons. The van der Waals surface area contributed by atoms with Gasteiger partial charge >= 0.3 is 0 Å². The smallest absolute Gasteiger partial charge is 0.0639 e. The molecule has 0 bridgehead atoms. The van der Waals surface area contributed by atoms with E-state index in [1.165, 1.54) is 6.42 Å². The molecule has 1 saturated heterocycles. The number of aliphatic hydroxyl groups is 2. The third-order valence-electron chi connectivity index (χ3n) is 3.62. The van der Waals surface area contributed by atoms with Gasteiger partial charge in [0.25, 0.3) is 0 Å². The number of likely N-dealkylation sites (tertiary alicyclic amines) is 1. The molecule has 2 rings (SSSR count). The van der Waals surface area contributed by atoms with Gasteiger partial charge in [0.15, 0.2) is 0 Å². The molecule has 1 heterocycles. The van der Waals surface area contributed by atoms with E-state index >= 15 is 0 Å². The Morgan fingerprint density at radius 3 is 2.71 bits per heavy atom. The molecule has 2 aliphatic rings. The second kappa shape index (κ2) is 4.17. The van der Waals surface area contributed by atoms with E-state index in [4.69, 9.17) is 0 Å². The summed E-state index contributed by atoms with van der Waals surface area (Å²) in [6, 6.07) is 0. The summed E-state index contributed by atoms with van der Waals surface area (Å²) in [5, 5.41) is 18.9. The van der Waals surface area contributed by atoms with Gasteiger partial charge in [0.2, 0.25) is 0 Å². The SMILES string of the molecule is C[C@@H](O)CN1CC2CCC(O)CC2C1. The lowest BCUT2D eigenvalue weighted by Gasteiger charge is -2.27. The fourth-order valence-corrected chi connectivity index (χ4v) is 3.03. The van der Waals surface area contributed by atoms with Crippen molar-refractivity contribution in [3.63, 3.8) is 0 Å². The summed E-state index contributed by atoms with van der Waals surface area (Å²) in [4.78, 5) is 2.35. The van der Waals surface area contributed by atoms with Crippen LogP contribution in [0.1, 0.15) is 26.2 Å². The van der Waals surface area contributed by atoms with Crippen LogP contribution in [0.15, 0.2) is 0 Å². The van der Waals surface area contributed by atoms with Crippen LogP contribution in [0.25, 0.3) is 0 Å². The molecule has 0 spiro atoms. The van der Waals surface area contributed by atoms with Crippen LogP contribution in [-0.2, 0) is 0 Å². The number of aliphatic hydroxyl groups excluding tert-OH is 2. The maximum Gasteiger partial charge on any atom is 0.0639 e. The minimum atomic E-state index is -0.222. The molecular formula is C11H21NO2. The Morgan fingerprint density at radius 2 is 2.00 bits per heavy atom. The van der Waals surface area contributed by atoms with Crippen molar-refractivity contribution in [1.29, 1.82) is 0 Å². The first-order valence-electron chi connectivity index (χ1n) is 5.73. The molecule has 1 aliphatic carbocycles. The van der Waals surface area contributed by atoms with E-state index < -0.39 is 0 Å². The summed E-state index contributed by atoms with van der Waals surface area (Å²) in [5.41, 5.74) is 0. The van der Waals surface area contributed by atoms with Crippen molar-refractivity contribution in [2.75, 3.05) is 19.6 Å². The van der Waals surface area contributed by atoms with Gasteiger partial charge in [-0.25, -0.2) is 0 Å². The molecule has 3 unspecified atom stereocenters. The molecule has 0 aromatic heterocycles. The number of β-amino-alcohol motifs (C(OH)–C–C–N with tert-alkyl or cyclic N) is 1. The second-order valence-corrected chi connectivity index (χ2v) is 5.05. The third kappa shape index (κ3) is 2.27. The van der Waals surface area contributed by atoms with Crippen LogP contribution in [0.3, 0.4) is 0 Å². The van der Waals surface area contributed by atoms with Gasteiger partial charge < -0.3 is 15.1 Å². The molecule has 0 amide bonds. The van der Waals surface area contributed by atoms with Gasteiger partial charge in [0.05, 0.1) is 12.2 Å². The molecule has 82 valence electrons. The second-order valence-electron chi connectivity index (χ2n) is 5.05. The average molecular weight is 199 g/mol. The van der Waals surface area contributed by atoms with Gasteiger partial charge in [0.1, 0.15) is 0 Å². The van der Waals surface area contributed by atoms with Crippen molar-refractivity contribution in [2.24, 2.45) is 11.8 Å². The monoisotopic (exact) mass is 199 g/mol. The van der Waals surface area contributed by atoms with Gasteiger partial charge in [-0.2, -0.15) is 0 Å². The van der Waals surface area contributed by atoms with Crippen molar-refractivity contribution in [3.8, 4) is 0 Å². The molecule has 1 aliphatic heterocycles. The molecule has 0 aromatic carbocycles. The fourth-order valence-electron chi connectivity index (χ4n) is 3.03. The zero-order valence-electron chi connectivity index (χ0n) is 8.89. The first kappa shape index (κ1) is 10.4. The van der Waals surface area contributed by atoms with Crippen LogP contribution < -0.4 is 0 Å². The van der Waals surface area contributed by atoms with Crippen LogP contribution in [0.2, 0.25) is 0 Å². The first-order valence-corrected chi connectivity index (χ1v) is 5.73. The topological polar surface area (TPSA) is 43.7 Å². The normalized spacial score (nSPS) is 40.9. The van der Waals surface area contributed by atoms with E-state index in [0.717, 1.165) is 38.4 Å². The molecule has 2 fully saturated rings. The quantitative estimate of drug-likeness (QED) is 0.679. The number of hydrogen-bond donors (Lipinski definition) is 2. The summed E-state index contributed by atoms with van der Waals surface area (Å²) >= 11 is 0. The molecule has 1 saturated carbocycles. The van der Waals surface area contributed by atoms with Crippen molar-refractivity contribution >= 4 is 0 Å². The largest absolute Gasteiger partial charge is 0.393 e. The van der Waals surface area contributed by atoms with E-state index in [9.17, 15) is 10.2 Å². The Bertz CT molecular complexity index is 196. The number of fused-ring (bicyclic) bond motifs is 1. The summed E-state index contributed by atoms with van der Waals surface area (Å²) < 4.78 is 0. The molecule has 4 atom stereocenters. The number of rotatable bonds is 2. The van der Waals surface area contributed by atoms with Crippen LogP contribution in [0, 0.1) is 11.8 Å². The van der Waals surface area contributed by atoms with Crippen LogP contribution in [-0.4, -0.2) is 47.0 Å². The Labute approximate surface area is 85.7 Å². The molecule has 14 heavy (non-hydrogen) atoms. The molecule has 0 aromatic rings. The Kier molecular flexibility index (Phi) is 3.10. The number of hydrogen-bond acceptors (Lipinski definition) is 3. The van der Waals surface area contributed by atoms with Crippen molar-refractivity contribution in [1.82, 2.24) is 4.90 Å². The Balaban J connectivity index is 1.86. The highest BCUT2D eigenvalue weighted by Crippen LogP contribution is 2.36. The fraction of sp³-hybridized carbons (Fsp3) is 1.00. The van der Waals surface area contributed by atoms with Crippen molar-refractivity contribution in [3.05, 3.63) is 0 Å². The molecule has 3 nitrogen and oxygen atoms in total. The summed E-state index contributed by atoms with van der Waals surface area (Å²) in [5.74, 6) is 1.45. The van der Waals surface area contributed by atoms with E-state index in [1.54, 1.807) is 0 Å².